The highest BCUT2D eigenvalue weighted by molar-refractivity contribution is 7.89. The Morgan fingerprint density at radius 1 is 1.09 bits per heavy atom. The Morgan fingerprint density at radius 3 is 2.47 bits per heavy atom. The van der Waals surface area contributed by atoms with Gasteiger partial charge in [0.1, 0.15) is 6.07 Å². The van der Waals surface area contributed by atoms with Gasteiger partial charge in [0.05, 0.1) is 22.8 Å². The Labute approximate surface area is 195 Å². The first-order valence-corrected chi connectivity index (χ1v) is 11.7. The summed E-state index contributed by atoms with van der Waals surface area (Å²) in [5, 5.41) is 9.29. The SMILES string of the molecule is CNS(=O)(=O)c1cc(-c2cc(CCCOCc3ccccc3)nc(C#N)n2)cc(C(F)(F)F)c1. The van der Waals surface area contributed by atoms with Gasteiger partial charge in [0.25, 0.3) is 0 Å². The quantitative estimate of drug-likeness (QED) is 0.453. The number of nitriles is 1. The highest BCUT2D eigenvalue weighted by atomic mass is 32.2. The molecule has 1 N–H and O–H groups in total. The van der Waals surface area contributed by atoms with Crippen molar-refractivity contribution >= 4 is 10.0 Å². The zero-order valence-electron chi connectivity index (χ0n) is 18.1. The summed E-state index contributed by atoms with van der Waals surface area (Å²) in [5.74, 6) is -0.229. The molecule has 0 radical (unpaired) electrons. The Morgan fingerprint density at radius 2 is 1.82 bits per heavy atom. The second-order valence-electron chi connectivity index (χ2n) is 7.27. The second-order valence-corrected chi connectivity index (χ2v) is 9.16. The third-order valence-electron chi connectivity index (χ3n) is 4.82. The van der Waals surface area contributed by atoms with Crippen molar-refractivity contribution < 1.29 is 26.3 Å². The molecule has 0 atom stereocenters. The van der Waals surface area contributed by atoms with Crippen LogP contribution >= 0.6 is 0 Å². The van der Waals surface area contributed by atoms with Crippen LogP contribution in [0.3, 0.4) is 0 Å². The van der Waals surface area contributed by atoms with E-state index >= 15 is 0 Å². The molecular weight excluding hydrogens is 469 g/mol. The highest BCUT2D eigenvalue weighted by Crippen LogP contribution is 2.34. The number of aromatic nitrogens is 2. The normalized spacial score (nSPS) is 11.9. The molecule has 0 bridgehead atoms. The molecule has 0 saturated heterocycles. The second kappa shape index (κ2) is 10.7. The minimum atomic E-state index is -4.78. The molecule has 0 unspecified atom stereocenters. The van der Waals surface area contributed by atoms with Gasteiger partial charge >= 0.3 is 6.18 Å². The molecule has 34 heavy (non-hydrogen) atoms. The van der Waals surface area contributed by atoms with E-state index in [1.807, 2.05) is 35.1 Å². The van der Waals surface area contributed by atoms with Crippen LogP contribution in [0.2, 0.25) is 0 Å². The van der Waals surface area contributed by atoms with E-state index in [1.165, 1.54) is 6.07 Å². The average molecular weight is 491 g/mol. The summed E-state index contributed by atoms with van der Waals surface area (Å²) >= 11 is 0. The van der Waals surface area contributed by atoms with Crippen molar-refractivity contribution in [2.45, 2.75) is 30.5 Å². The Kier molecular flexibility index (Phi) is 7.98. The summed E-state index contributed by atoms with van der Waals surface area (Å²) in [6.07, 6.45) is -3.84. The number of benzene rings is 2. The van der Waals surface area contributed by atoms with Gasteiger partial charge in [0, 0.05) is 17.9 Å². The summed E-state index contributed by atoms with van der Waals surface area (Å²) in [6, 6.07) is 15.3. The van der Waals surface area contributed by atoms with Crippen LogP contribution < -0.4 is 4.72 Å². The number of ether oxygens (including phenoxy) is 1. The number of sulfonamides is 1. The first-order chi connectivity index (χ1) is 16.1. The number of rotatable bonds is 9. The van der Waals surface area contributed by atoms with Gasteiger partial charge in [-0.05, 0) is 49.7 Å². The summed E-state index contributed by atoms with van der Waals surface area (Å²) in [5.41, 5.74) is 0.233. The summed E-state index contributed by atoms with van der Waals surface area (Å²) in [4.78, 5) is 7.54. The Hall–Kier alpha value is -3.33. The highest BCUT2D eigenvalue weighted by Gasteiger charge is 2.33. The third kappa shape index (κ3) is 6.60. The van der Waals surface area contributed by atoms with E-state index < -0.39 is 26.7 Å². The van der Waals surface area contributed by atoms with Gasteiger partial charge < -0.3 is 4.74 Å². The maximum atomic E-state index is 13.4. The summed E-state index contributed by atoms with van der Waals surface area (Å²) in [7, 11) is -3.05. The van der Waals surface area contributed by atoms with E-state index in [9.17, 15) is 26.9 Å². The summed E-state index contributed by atoms with van der Waals surface area (Å²) < 4.78 is 72.3. The lowest BCUT2D eigenvalue weighted by Gasteiger charge is -2.13. The van der Waals surface area contributed by atoms with Crippen molar-refractivity contribution in [3.8, 4) is 17.3 Å². The van der Waals surface area contributed by atoms with E-state index in [4.69, 9.17) is 4.74 Å². The molecular formula is C23H21F3N4O3S. The fourth-order valence-electron chi connectivity index (χ4n) is 3.13. The van der Waals surface area contributed by atoms with Crippen molar-refractivity contribution in [3.05, 3.63) is 77.2 Å². The monoisotopic (exact) mass is 490 g/mol. The topological polar surface area (TPSA) is 105 Å². The predicted octanol–water partition coefficient (Wildman–Crippen LogP) is 4.09. The molecule has 178 valence electrons. The van der Waals surface area contributed by atoms with Crippen LogP contribution in [0.25, 0.3) is 11.3 Å². The average Bonchev–Trinajstić information content (AvgIpc) is 2.83. The van der Waals surface area contributed by atoms with Crippen LogP contribution in [-0.2, 0) is 34.0 Å². The number of halogens is 3. The van der Waals surface area contributed by atoms with Crippen molar-refractivity contribution in [2.24, 2.45) is 0 Å². The Bertz CT molecular complexity index is 1290. The van der Waals surface area contributed by atoms with Crippen LogP contribution in [-0.4, -0.2) is 32.0 Å². The maximum Gasteiger partial charge on any atom is 0.416 e. The van der Waals surface area contributed by atoms with Crippen LogP contribution in [0, 0.1) is 11.3 Å². The van der Waals surface area contributed by atoms with Crippen molar-refractivity contribution in [1.82, 2.24) is 14.7 Å². The first-order valence-electron chi connectivity index (χ1n) is 10.2. The minimum Gasteiger partial charge on any atom is -0.377 e. The van der Waals surface area contributed by atoms with E-state index in [0.29, 0.717) is 37.8 Å². The van der Waals surface area contributed by atoms with Crippen LogP contribution in [0.5, 0.6) is 0 Å². The van der Waals surface area contributed by atoms with Gasteiger partial charge in [-0.2, -0.15) is 18.4 Å². The summed E-state index contributed by atoms with van der Waals surface area (Å²) in [6.45, 7) is 0.844. The van der Waals surface area contributed by atoms with Gasteiger partial charge in [-0.25, -0.2) is 23.1 Å². The molecule has 11 heteroatoms. The Balaban J connectivity index is 1.84. The number of nitrogens with one attached hydrogen (secondary N) is 1. The van der Waals surface area contributed by atoms with Gasteiger partial charge in [0.2, 0.25) is 15.8 Å². The smallest absolute Gasteiger partial charge is 0.377 e. The standard InChI is InChI=1S/C23H21F3N4O3S/c1-28-34(31,32)20-11-17(10-18(12-20)23(24,25)26)21-13-19(29-22(14-27)30-21)8-5-9-33-15-16-6-3-2-4-7-16/h2-4,6-7,10-13,28H,5,8-9,15H2,1H3. The lowest BCUT2D eigenvalue weighted by Crippen LogP contribution is -2.19. The van der Waals surface area contributed by atoms with Gasteiger partial charge in [0.15, 0.2) is 0 Å². The molecule has 3 aromatic rings. The fraction of sp³-hybridized carbons (Fsp3) is 0.261. The zero-order valence-corrected chi connectivity index (χ0v) is 18.9. The maximum absolute atomic E-state index is 13.4. The van der Waals surface area contributed by atoms with E-state index in [-0.39, 0.29) is 17.1 Å². The van der Waals surface area contributed by atoms with Crippen LogP contribution in [0.4, 0.5) is 13.2 Å². The molecule has 0 aliphatic carbocycles. The molecule has 1 aromatic heterocycles. The van der Waals surface area contributed by atoms with Crippen LogP contribution in [0.1, 0.15) is 29.1 Å². The third-order valence-corrected chi connectivity index (χ3v) is 6.21. The zero-order chi connectivity index (χ0) is 24.8. The molecule has 0 aliphatic rings. The molecule has 0 spiro atoms. The van der Waals surface area contributed by atoms with Crippen molar-refractivity contribution in [2.75, 3.05) is 13.7 Å². The van der Waals surface area contributed by atoms with Gasteiger partial charge in [-0.15, -0.1) is 0 Å². The molecule has 0 fully saturated rings. The predicted molar refractivity (Wildman–Crippen MR) is 118 cm³/mol. The minimum absolute atomic E-state index is 0.0189. The van der Waals surface area contributed by atoms with Crippen molar-refractivity contribution in [1.29, 1.82) is 5.26 Å². The molecule has 2 aromatic carbocycles. The number of aryl methyl sites for hydroxylation is 1. The van der Waals surface area contributed by atoms with Gasteiger partial charge in [-0.3, -0.25) is 0 Å². The van der Waals surface area contributed by atoms with E-state index in [2.05, 4.69) is 9.97 Å². The van der Waals surface area contributed by atoms with Gasteiger partial charge in [-0.1, -0.05) is 30.3 Å². The fourth-order valence-corrected chi connectivity index (χ4v) is 3.93. The van der Waals surface area contributed by atoms with Crippen LogP contribution in [0.15, 0.2) is 59.5 Å². The largest absolute Gasteiger partial charge is 0.416 e. The lowest BCUT2D eigenvalue weighted by atomic mass is 10.1. The molecule has 0 amide bonds. The lowest BCUT2D eigenvalue weighted by molar-refractivity contribution is -0.137. The molecule has 3 rings (SSSR count). The van der Waals surface area contributed by atoms with E-state index in [1.54, 1.807) is 6.07 Å². The number of nitrogens with zero attached hydrogens (tertiary/aromatic N) is 3. The number of hydrogen-bond donors (Lipinski definition) is 1. The van der Waals surface area contributed by atoms with Crippen molar-refractivity contribution in [3.63, 3.8) is 0 Å². The number of hydrogen-bond acceptors (Lipinski definition) is 6. The van der Waals surface area contributed by atoms with E-state index in [0.717, 1.165) is 24.7 Å². The molecule has 7 nitrogen and oxygen atoms in total. The molecule has 0 aliphatic heterocycles. The molecule has 1 heterocycles. The first kappa shape index (κ1) is 25.3. The number of alkyl halides is 3. The molecule has 0 saturated carbocycles.